The summed E-state index contributed by atoms with van der Waals surface area (Å²) in [5.74, 6) is -5.41. The van der Waals surface area contributed by atoms with Gasteiger partial charge in [0.2, 0.25) is 23.6 Å². The van der Waals surface area contributed by atoms with Crippen LogP contribution < -0.4 is 14.8 Å². The molecule has 2 aromatic rings. The van der Waals surface area contributed by atoms with Gasteiger partial charge in [0, 0.05) is 24.1 Å². The van der Waals surface area contributed by atoms with Gasteiger partial charge in [-0.05, 0) is 49.2 Å². The molecule has 0 radical (unpaired) electrons. The van der Waals surface area contributed by atoms with Crippen molar-refractivity contribution in [2.24, 2.45) is 29.1 Å². The summed E-state index contributed by atoms with van der Waals surface area (Å²) in [6.45, 7) is 5.50. The Kier molecular flexibility index (Phi) is 6.29. The standard InChI is InChI=1S/C32H33N3O7/c1-6-34-27(37)22-24(29(34)39)32(33-26(36)17-11-9-8-10-12-17)16-19(18-13-14-20(41-4)21(15-18)42-5)31(22,3)23-25(32)30(40)35(7-2)28(23)38/h8-16,22-25H,6-7H2,1-5H3,(H,33,36)/t22-,23+,24+,25-,31?,32?. The number of hydrogen-bond acceptors (Lipinski definition) is 7. The summed E-state index contributed by atoms with van der Waals surface area (Å²) in [5, 5.41) is 3.07. The fourth-order valence-corrected chi connectivity index (χ4v) is 7.99. The van der Waals surface area contributed by atoms with Gasteiger partial charge in [-0.25, -0.2) is 0 Å². The van der Waals surface area contributed by atoms with E-state index in [1.807, 2.05) is 6.92 Å². The minimum absolute atomic E-state index is 0.132. The highest BCUT2D eigenvalue weighted by Crippen LogP contribution is 2.69. The third kappa shape index (κ3) is 3.35. The molecule has 6 atom stereocenters. The van der Waals surface area contributed by atoms with Crippen molar-refractivity contribution < 1.29 is 33.4 Å². The van der Waals surface area contributed by atoms with Gasteiger partial charge < -0.3 is 14.8 Å². The number of rotatable bonds is 7. The van der Waals surface area contributed by atoms with Crippen LogP contribution in [0.4, 0.5) is 0 Å². The zero-order valence-electron chi connectivity index (χ0n) is 24.2. The van der Waals surface area contributed by atoms with E-state index < -0.39 is 64.2 Å². The monoisotopic (exact) mass is 571 g/mol. The van der Waals surface area contributed by atoms with Gasteiger partial charge in [-0.3, -0.25) is 33.8 Å². The highest BCUT2D eigenvalue weighted by Gasteiger charge is 2.80. The number of benzene rings is 2. The van der Waals surface area contributed by atoms with E-state index in [1.54, 1.807) is 68.5 Å². The number of amides is 5. The van der Waals surface area contributed by atoms with Crippen LogP contribution in [0.5, 0.6) is 11.5 Å². The lowest BCUT2D eigenvalue weighted by atomic mass is 9.41. The number of allylic oxidation sites excluding steroid dienone is 1. The Bertz CT molecular complexity index is 1520. The molecule has 10 nitrogen and oxygen atoms in total. The molecule has 5 amide bonds. The Labute approximate surface area is 243 Å². The molecule has 2 bridgehead atoms. The van der Waals surface area contributed by atoms with Gasteiger partial charge >= 0.3 is 0 Å². The van der Waals surface area contributed by atoms with E-state index in [9.17, 15) is 24.0 Å². The number of nitrogens with zero attached hydrogens (tertiary/aromatic N) is 2. The molecule has 3 fully saturated rings. The van der Waals surface area contributed by atoms with Crippen LogP contribution in [-0.2, 0) is 19.2 Å². The van der Waals surface area contributed by atoms with Crippen molar-refractivity contribution >= 4 is 35.1 Å². The van der Waals surface area contributed by atoms with E-state index in [2.05, 4.69) is 5.32 Å². The average molecular weight is 572 g/mol. The Morgan fingerprint density at radius 2 is 1.31 bits per heavy atom. The first kappa shape index (κ1) is 27.7. The van der Waals surface area contributed by atoms with Crippen molar-refractivity contribution in [1.82, 2.24) is 15.1 Å². The number of hydrogen-bond donors (Lipinski definition) is 1. The molecule has 1 saturated carbocycles. The van der Waals surface area contributed by atoms with Crippen LogP contribution in [0.1, 0.15) is 36.7 Å². The normalized spacial score (nSPS) is 31.2. The molecule has 2 heterocycles. The minimum Gasteiger partial charge on any atom is -0.493 e. The number of likely N-dealkylation sites (tertiary alicyclic amines) is 2. The zero-order valence-corrected chi connectivity index (χ0v) is 24.2. The van der Waals surface area contributed by atoms with Crippen LogP contribution >= 0.6 is 0 Å². The van der Waals surface area contributed by atoms with Gasteiger partial charge in [0.25, 0.3) is 5.91 Å². The smallest absolute Gasteiger partial charge is 0.252 e. The third-order valence-electron chi connectivity index (χ3n) is 9.77. The van der Waals surface area contributed by atoms with Crippen molar-refractivity contribution in [3.05, 3.63) is 65.7 Å². The predicted molar refractivity (Wildman–Crippen MR) is 151 cm³/mol. The zero-order chi connectivity index (χ0) is 30.1. The summed E-state index contributed by atoms with van der Waals surface area (Å²) in [5.41, 5.74) is -1.32. The number of methoxy groups -OCH3 is 2. The second-order valence-electron chi connectivity index (χ2n) is 11.4. The molecular weight excluding hydrogens is 538 g/mol. The lowest BCUT2D eigenvalue weighted by molar-refractivity contribution is -0.148. The van der Waals surface area contributed by atoms with Crippen molar-refractivity contribution in [2.75, 3.05) is 27.3 Å². The maximum absolute atomic E-state index is 14.1. The van der Waals surface area contributed by atoms with Crippen molar-refractivity contribution in [3.8, 4) is 11.5 Å². The van der Waals surface area contributed by atoms with Crippen molar-refractivity contribution in [2.45, 2.75) is 26.3 Å². The molecule has 42 heavy (non-hydrogen) atoms. The first-order valence-electron chi connectivity index (χ1n) is 14.1. The second-order valence-corrected chi connectivity index (χ2v) is 11.4. The Morgan fingerprint density at radius 3 is 1.81 bits per heavy atom. The van der Waals surface area contributed by atoms with Crippen molar-refractivity contribution in [3.63, 3.8) is 0 Å². The van der Waals surface area contributed by atoms with Gasteiger partial charge in [0.15, 0.2) is 11.5 Å². The van der Waals surface area contributed by atoms with Crippen molar-refractivity contribution in [1.29, 1.82) is 0 Å². The number of ether oxygens (including phenoxy) is 2. The molecule has 0 aromatic heterocycles. The van der Waals surface area contributed by atoms with E-state index in [-0.39, 0.29) is 13.1 Å². The summed E-state index contributed by atoms with van der Waals surface area (Å²) in [4.78, 5) is 72.6. The highest BCUT2D eigenvalue weighted by molar-refractivity contribution is 6.15. The topological polar surface area (TPSA) is 122 Å². The Morgan fingerprint density at radius 1 is 0.786 bits per heavy atom. The molecule has 10 heteroatoms. The summed E-state index contributed by atoms with van der Waals surface area (Å²) < 4.78 is 11.0. The van der Waals surface area contributed by atoms with Crippen LogP contribution in [0, 0.1) is 29.1 Å². The van der Waals surface area contributed by atoms with E-state index in [4.69, 9.17) is 9.47 Å². The van der Waals surface area contributed by atoms with Gasteiger partial charge in [-0.15, -0.1) is 0 Å². The minimum atomic E-state index is -1.64. The average Bonchev–Trinajstić information content (AvgIpc) is 3.43. The Hall–Kier alpha value is -4.47. The lowest BCUT2D eigenvalue weighted by Gasteiger charge is -2.60. The van der Waals surface area contributed by atoms with Gasteiger partial charge in [0.1, 0.15) is 0 Å². The molecule has 218 valence electrons. The maximum atomic E-state index is 14.1. The fraction of sp³-hybridized carbons (Fsp3) is 0.406. The van der Waals surface area contributed by atoms with Crippen LogP contribution in [-0.4, -0.2) is 72.2 Å². The molecule has 0 spiro atoms. The maximum Gasteiger partial charge on any atom is 0.252 e. The molecule has 2 aromatic carbocycles. The van der Waals surface area contributed by atoms with Gasteiger partial charge in [-0.1, -0.05) is 37.3 Å². The molecule has 5 aliphatic rings. The third-order valence-corrected chi connectivity index (χ3v) is 9.77. The Balaban J connectivity index is 1.67. The first-order valence-corrected chi connectivity index (χ1v) is 14.1. The van der Waals surface area contributed by atoms with Gasteiger partial charge in [-0.2, -0.15) is 0 Å². The summed E-state index contributed by atoms with van der Waals surface area (Å²) >= 11 is 0. The van der Waals surface area contributed by atoms with E-state index in [0.717, 1.165) is 0 Å². The molecule has 1 N–H and O–H groups in total. The lowest BCUT2D eigenvalue weighted by Crippen LogP contribution is -2.72. The fourth-order valence-electron chi connectivity index (χ4n) is 7.99. The van der Waals surface area contributed by atoms with Crippen LogP contribution in [0.2, 0.25) is 0 Å². The molecule has 2 saturated heterocycles. The number of carbonyl (C=O) groups is 5. The number of nitrogens with one attached hydrogen (secondary N) is 1. The van der Waals surface area contributed by atoms with E-state index in [0.29, 0.717) is 28.2 Å². The van der Waals surface area contributed by atoms with E-state index >= 15 is 0 Å². The van der Waals surface area contributed by atoms with Crippen LogP contribution in [0.15, 0.2) is 54.6 Å². The summed E-state index contributed by atoms with van der Waals surface area (Å²) in [6.07, 6.45) is 1.77. The predicted octanol–water partition coefficient (Wildman–Crippen LogP) is 2.53. The van der Waals surface area contributed by atoms with Gasteiger partial charge in [0.05, 0.1) is 43.4 Å². The SMILES string of the molecule is CCN1C(=O)[C@@H]2[C@H](C1=O)C1(NC(=O)c3ccccc3)C=C(c3ccc(OC)c(OC)c3)C2(C)[C@H]2C(=O)N(CC)C(=O)[C@H]21. The van der Waals surface area contributed by atoms with Crippen LogP contribution in [0.25, 0.3) is 5.57 Å². The first-order chi connectivity index (χ1) is 20.1. The summed E-state index contributed by atoms with van der Waals surface area (Å²) in [6, 6.07) is 13.8. The second kappa shape index (κ2) is 9.54. The molecule has 3 aliphatic carbocycles. The molecular formula is C32H33N3O7. The quantitative estimate of drug-likeness (QED) is 0.507. The largest absolute Gasteiger partial charge is 0.493 e. The van der Waals surface area contributed by atoms with E-state index in [1.165, 1.54) is 24.0 Å². The molecule has 2 aliphatic heterocycles. The number of imide groups is 2. The molecule has 2 unspecified atom stereocenters. The number of carbonyl (C=O) groups excluding carboxylic acids is 5. The highest BCUT2D eigenvalue weighted by atomic mass is 16.5. The molecule has 7 rings (SSSR count). The summed E-state index contributed by atoms with van der Waals surface area (Å²) in [7, 11) is 3.03. The van der Waals surface area contributed by atoms with Crippen LogP contribution in [0.3, 0.4) is 0 Å².